The molecule has 0 aliphatic heterocycles. The zero-order chi connectivity index (χ0) is 13.0. The molecule has 1 heterocycles. The van der Waals surface area contributed by atoms with Crippen LogP contribution < -0.4 is 11.1 Å². The van der Waals surface area contributed by atoms with Gasteiger partial charge in [0.05, 0.1) is 12.7 Å². The molecule has 0 saturated carbocycles. The van der Waals surface area contributed by atoms with Crippen molar-refractivity contribution in [3.05, 3.63) is 23.7 Å². The molecular formula is C10H12N2O5. The van der Waals surface area contributed by atoms with E-state index in [0.717, 1.165) is 5.56 Å². The van der Waals surface area contributed by atoms with Crippen LogP contribution in [0.4, 0.5) is 0 Å². The van der Waals surface area contributed by atoms with E-state index in [1.807, 2.05) is 0 Å². The van der Waals surface area contributed by atoms with Crippen LogP contribution in [-0.4, -0.2) is 28.9 Å². The van der Waals surface area contributed by atoms with E-state index in [2.05, 4.69) is 5.32 Å². The minimum absolute atomic E-state index is 0.0155. The number of carbonyl (C=O) groups excluding carboxylic acids is 2. The maximum Gasteiger partial charge on any atom is 0.326 e. The highest BCUT2D eigenvalue weighted by Crippen LogP contribution is 2.06. The second kappa shape index (κ2) is 5.15. The van der Waals surface area contributed by atoms with Gasteiger partial charge in [0.15, 0.2) is 5.76 Å². The number of carboxylic acids is 1. The molecule has 1 aromatic heterocycles. The van der Waals surface area contributed by atoms with Crippen molar-refractivity contribution in [3.8, 4) is 0 Å². The number of nitrogens with one attached hydrogen (secondary N) is 1. The van der Waals surface area contributed by atoms with Crippen LogP contribution in [0.2, 0.25) is 0 Å². The van der Waals surface area contributed by atoms with E-state index in [1.54, 1.807) is 6.92 Å². The molecule has 7 nitrogen and oxygen atoms in total. The van der Waals surface area contributed by atoms with E-state index in [-0.39, 0.29) is 5.76 Å². The molecule has 0 aliphatic rings. The molecule has 0 fully saturated rings. The first-order chi connectivity index (χ1) is 7.90. The molecule has 0 bridgehead atoms. The molecular weight excluding hydrogens is 228 g/mol. The summed E-state index contributed by atoms with van der Waals surface area (Å²) in [5.74, 6) is -2.86. The van der Waals surface area contributed by atoms with Crippen LogP contribution in [0.3, 0.4) is 0 Å². The van der Waals surface area contributed by atoms with Gasteiger partial charge in [-0.25, -0.2) is 4.79 Å². The van der Waals surface area contributed by atoms with Crippen LogP contribution in [-0.2, 0) is 9.59 Å². The van der Waals surface area contributed by atoms with Gasteiger partial charge in [-0.3, -0.25) is 9.59 Å². The Hall–Kier alpha value is -2.31. The smallest absolute Gasteiger partial charge is 0.326 e. The van der Waals surface area contributed by atoms with Crippen LogP contribution in [0.5, 0.6) is 0 Å². The molecule has 0 saturated heterocycles. The van der Waals surface area contributed by atoms with Crippen molar-refractivity contribution in [2.45, 2.75) is 19.4 Å². The molecule has 2 amide bonds. The van der Waals surface area contributed by atoms with Crippen LogP contribution in [0.25, 0.3) is 0 Å². The molecule has 17 heavy (non-hydrogen) atoms. The third-order valence-corrected chi connectivity index (χ3v) is 1.96. The Morgan fingerprint density at radius 3 is 2.59 bits per heavy atom. The molecule has 4 N–H and O–H groups in total. The van der Waals surface area contributed by atoms with Crippen molar-refractivity contribution in [1.82, 2.24) is 5.32 Å². The number of aliphatic carboxylic acids is 1. The number of furan rings is 1. The van der Waals surface area contributed by atoms with Gasteiger partial charge in [0.25, 0.3) is 5.91 Å². The Morgan fingerprint density at radius 1 is 1.53 bits per heavy atom. The molecule has 0 aromatic carbocycles. The van der Waals surface area contributed by atoms with Gasteiger partial charge in [0.2, 0.25) is 5.91 Å². The summed E-state index contributed by atoms with van der Waals surface area (Å²) in [6, 6.07) is 0.101. The van der Waals surface area contributed by atoms with Crippen molar-refractivity contribution >= 4 is 17.8 Å². The number of rotatable bonds is 5. The molecule has 1 aromatic rings. The largest absolute Gasteiger partial charge is 0.480 e. The van der Waals surface area contributed by atoms with E-state index >= 15 is 0 Å². The monoisotopic (exact) mass is 240 g/mol. The summed E-state index contributed by atoms with van der Waals surface area (Å²) in [7, 11) is 0. The summed E-state index contributed by atoms with van der Waals surface area (Å²) in [6.45, 7) is 1.72. The van der Waals surface area contributed by atoms with Gasteiger partial charge in [-0.15, -0.1) is 0 Å². The summed E-state index contributed by atoms with van der Waals surface area (Å²) in [5.41, 5.74) is 5.61. The lowest BCUT2D eigenvalue weighted by atomic mass is 10.2. The lowest BCUT2D eigenvalue weighted by Crippen LogP contribution is -2.43. The number of aryl methyl sites for hydroxylation is 1. The van der Waals surface area contributed by atoms with Crippen molar-refractivity contribution in [3.63, 3.8) is 0 Å². The molecule has 1 atom stereocenters. The van der Waals surface area contributed by atoms with E-state index in [9.17, 15) is 14.4 Å². The fraction of sp³-hybridized carbons (Fsp3) is 0.300. The van der Waals surface area contributed by atoms with Crippen LogP contribution in [0.1, 0.15) is 22.5 Å². The zero-order valence-electron chi connectivity index (χ0n) is 9.10. The second-order valence-electron chi connectivity index (χ2n) is 3.52. The van der Waals surface area contributed by atoms with Crippen molar-refractivity contribution in [2.24, 2.45) is 5.73 Å². The Balaban J connectivity index is 2.70. The molecule has 0 unspecified atom stereocenters. The summed E-state index contributed by atoms with van der Waals surface area (Å²) in [6.07, 6.45) is 0.888. The SMILES string of the molecule is Cc1coc(C(=O)N[C@@H](CC(N)=O)C(=O)O)c1. The number of carboxylic acid groups (broad SMARTS) is 1. The van der Waals surface area contributed by atoms with Crippen LogP contribution in [0, 0.1) is 6.92 Å². The summed E-state index contributed by atoms with van der Waals surface area (Å²) < 4.78 is 4.89. The molecule has 92 valence electrons. The van der Waals surface area contributed by atoms with E-state index in [4.69, 9.17) is 15.3 Å². The maximum absolute atomic E-state index is 11.5. The van der Waals surface area contributed by atoms with Gasteiger partial charge in [-0.2, -0.15) is 0 Å². The Bertz CT molecular complexity index is 451. The molecule has 0 aliphatic carbocycles. The number of hydrogen-bond donors (Lipinski definition) is 3. The number of carbonyl (C=O) groups is 3. The van der Waals surface area contributed by atoms with Gasteiger partial charge < -0.3 is 20.6 Å². The number of nitrogens with two attached hydrogens (primary N) is 1. The van der Waals surface area contributed by atoms with Crippen molar-refractivity contribution in [1.29, 1.82) is 0 Å². The predicted octanol–water partition coefficient (Wildman–Crippen LogP) is -0.354. The average molecular weight is 240 g/mol. The number of primary amides is 1. The highest BCUT2D eigenvalue weighted by atomic mass is 16.4. The van der Waals surface area contributed by atoms with Crippen LogP contribution in [0.15, 0.2) is 16.7 Å². The summed E-state index contributed by atoms with van der Waals surface area (Å²) in [4.78, 5) is 32.9. The first-order valence-electron chi connectivity index (χ1n) is 4.77. The van der Waals surface area contributed by atoms with E-state index in [0.29, 0.717) is 0 Å². The third-order valence-electron chi connectivity index (χ3n) is 1.96. The Morgan fingerprint density at radius 2 is 2.18 bits per heavy atom. The van der Waals surface area contributed by atoms with E-state index in [1.165, 1.54) is 12.3 Å². The first-order valence-corrected chi connectivity index (χ1v) is 4.77. The van der Waals surface area contributed by atoms with Gasteiger partial charge in [-0.1, -0.05) is 0 Å². The summed E-state index contributed by atoms with van der Waals surface area (Å²) in [5, 5.41) is 10.9. The van der Waals surface area contributed by atoms with Gasteiger partial charge in [0.1, 0.15) is 6.04 Å². The van der Waals surface area contributed by atoms with E-state index < -0.39 is 30.2 Å². The van der Waals surface area contributed by atoms with Gasteiger partial charge in [0, 0.05) is 0 Å². The minimum atomic E-state index is -1.36. The number of hydrogen-bond acceptors (Lipinski definition) is 4. The van der Waals surface area contributed by atoms with Crippen LogP contribution >= 0.6 is 0 Å². The average Bonchev–Trinajstić information content (AvgIpc) is 2.63. The first kappa shape index (κ1) is 12.8. The molecule has 0 spiro atoms. The lowest BCUT2D eigenvalue weighted by molar-refractivity contribution is -0.140. The van der Waals surface area contributed by atoms with Crippen molar-refractivity contribution < 1.29 is 23.9 Å². The number of amides is 2. The third kappa shape index (κ3) is 3.63. The maximum atomic E-state index is 11.5. The Labute approximate surface area is 96.6 Å². The second-order valence-corrected chi connectivity index (χ2v) is 3.52. The van der Waals surface area contributed by atoms with Gasteiger partial charge in [-0.05, 0) is 18.6 Å². The topological polar surface area (TPSA) is 123 Å². The highest BCUT2D eigenvalue weighted by molar-refractivity contribution is 5.95. The molecule has 1 rings (SSSR count). The zero-order valence-corrected chi connectivity index (χ0v) is 9.10. The highest BCUT2D eigenvalue weighted by Gasteiger charge is 2.23. The normalized spacial score (nSPS) is 11.8. The minimum Gasteiger partial charge on any atom is -0.480 e. The fourth-order valence-electron chi connectivity index (χ4n) is 1.18. The van der Waals surface area contributed by atoms with Crippen molar-refractivity contribution in [2.75, 3.05) is 0 Å². The Kier molecular flexibility index (Phi) is 3.86. The predicted molar refractivity (Wildman–Crippen MR) is 56.1 cm³/mol. The summed E-state index contributed by atoms with van der Waals surface area (Å²) >= 11 is 0. The lowest BCUT2D eigenvalue weighted by Gasteiger charge is -2.11. The standard InChI is InChI=1S/C10H12N2O5/c1-5-2-7(17-4-5)9(14)12-6(10(15)16)3-8(11)13/h2,4,6H,3H2,1H3,(H2,11,13)(H,12,14)(H,15,16)/t6-/m0/s1. The molecule has 7 heteroatoms. The quantitative estimate of drug-likeness (QED) is 0.649. The van der Waals surface area contributed by atoms with Gasteiger partial charge >= 0.3 is 5.97 Å². The molecule has 0 radical (unpaired) electrons. The fourth-order valence-corrected chi connectivity index (χ4v) is 1.18.